The van der Waals surface area contributed by atoms with E-state index in [4.69, 9.17) is 0 Å². The molecule has 0 aliphatic carbocycles. The number of benzene rings is 1. The molecule has 2 rings (SSSR count). The van der Waals surface area contributed by atoms with E-state index in [0.717, 1.165) is 18.2 Å². The Morgan fingerprint density at radius 2 is 2.04 bits per heavy atom. The Morgan fingerprint density at radius 3 is 2.71 bits per heavy atom. The van der Waals surface area contributed by atoms with Crippen molar-refractivity contribution in [2.24, 2.45) is 0 Å². The number of nitrogens with zero attached hydrogens (tertiary/aromatic N) is 1. The van der Waals surface area contributed by atoms with Crippen LogP contribution in [0.1, 0.15) is 25.3 Å². The summed E-state index contributed by atoms with van der Waals surface area (Å²) in [5.41, 5.74) is 1.69. The van der Waals surface area contributed by atoms with Gasteiger partial charge in [-0.05, 0) is 30.9 Å². The number of halogens is 3. The zero-order valence-corrected chi connectivity index (χ0v) is 13.3. The fourth-order valence-electron chi connectivity index (χ4n) is 2.67. The number of rotatable bonds is 5. The fraction of sp³-hybridized carbons (Fsp3) is 0.412. The van der Waals surface area contributed by atoms with E-state index in [0.29, 0.717) is 31.1 Å². The normalized spacial score (nSPS) is 18.2. The van der Waals surface area contributed by atoms with Gasteiger partial charge < -0.3 is 10.2 Å². The molecule has 4 nitrogen and oxygen atoms in total. The molecule has 1 atom stereocenters. The van der Waals surface area contributed by atoms with Gasteiger partial charge in [-0.2, -0.15) is 13.2 Å². The first-order valence-corrected chi connectivity index (χ1v) is 7.76. The number of anilines is 1. The van der Waals surface area contributed by atoms with Crippen LogP contribution in [-0.2, 0) is 16.0 Å². The lowest BCUT2D eigenvalue weighted by Gasteiger charge is -2.22. The zero-order chi connectivity index (χ0) is 17.7. The molecule has 1 saturated heterocycles. The lowest BCUT2D eigenvalue weighted by Crippen LogP contribution is -2.37. The number of likely N-dealkylation sites (tertiary alicyclic amines) is 1. The molecule has 1 aromatic rings. The van der Waals surface area contributed by atoms with Gasteiger partial charge in [0.15, 0.2) is 0 Å². The molecular formula is C17H19F3N2O2. The van der Waals surface area contributed by atoms with E-state index in [2.05, 4.69) is 5.32 Å². The molecule has 1 aliphatic heterocycles. The molecule has 0 radical (unpaired) electrons. The number of carbonyl (C=O) groups excluding carboxylic acids is 2. The number of para-hydroxylation sites is 1. The lowest BCUT2D eigenvalue weighted by atomic mass is 10.1. The quantitative estimate of drug-likeness (QED) is 0.837. The van der Waals surface area contributed by atoms with Crippen molar-refractivity contribution in [3.05, 3.63) is 42.1 Å². The van der Waals surface area contributed by atoms with Gasteiger partial charge in [0.1, 0.15) is 6.04 Å². The highest BCUT2D eigenvalue weighted by Crippen LogP contribution is 2.22. The van der Waals surface area contributed by atoms with Crippen LogP contribution in [0.5, 0.6) is 0 Å². The molecule has 7 heteroatoms. The van der Waals surface area contributed by atoms with Gasteiger partial charge in [0, 0.05) is 24.5 Å². The third kappa shape index (κ3) is 4.37. The van der Waals surface area contributed by atoms with Gasteiger partial charge in [-0.1, -0.05) is 25.1 Å². The lowest BCUT2D eigenvalue weighted by molar-refractivity contribution is -0.165. The van der Waals surface area contributed by atoms with Crippen LogP contribution in [-0.4, -0.2) is 35.4 Å². The highest BCUT2D eigenvalue weighted by atomic mass is 19.4. The molecule has 0 bridgehead atoms. The molecule has 130 valence electrons. The number of hydrogen-bond donors (Lipinski definition) is 1. The molecule has 1 fully saturated rings. The standard InChI is InChI=1S/C17H19F3N2O2/c1-2-12-6-3-4-7-13(12)21-16(24)14-8-5-10-22(14)11-9-15(23)17(18,19)20/h3-4,6-7,9,11,14H,2,5,8,10H2,1H3,(H,21,24)/b11-9+/t14-/m1/s1. The first-order chi connectivity index (χ1) is 11.3. The van der Waals surface area contributed by atoms with Crippen LogP contribution in [0.15, 0.2) is 36.5 Å². The molecule has 1 N–H and O–H groups in total. The Balaban J connectivity index is 2.06. The van der Waals surface area contributed by atoms with Gasteiger partial charge in [0.2, 0.25) is 5.91 Å². The van der Waals surface area contributed by atoms with E-state index < -0.39 is 18.0 Å². The number of nitrogens with one attached hydrogen (secondary N) is 1. The molecule has 0 unspecified atom stereocenters. The summed E-state index contributed by atoms with van der Waals surface area (Å²) >= 11 is 0. The van der Waals surface area contributed by atoms with E-state index >= 15 is 0 Å². The van der Waals surface area contributed by atoms with Crippen LogP contribution < -0.4 is 5.32 Å². The summed E-state index contributed by atoms with van der Waals surface area (Å²) in [7, 11) is 0. The van der Waals surface area contributed by atoms with E-state index in [-0.39, 0.29) is 5.91 Å². The second-order valence-electron chi connectivity index (χ2n) is 5.57. The molecule has 0 saturated carbocycles. The monoisotopic (exact) mass is 340 g/mol. The third-order valence-electron chi connectivity index (χ3n) is 3.95. The van der Waals surface area contributed by atoms with E-state index in [1.165, 1.54) is 4.90 Å². The zero-order valence-electron chi connectivity index (χ0n) is 13.3. The summed E-state index contributed by atoms with van der Waals surface area (Å²) < 4.78 is 36.8. The maximum absolute atomic E-state index is 12.4. The molecule has 1 aromatic carbocycles. The van der Waals surface area contributed by atoms with Gasteiger partial charge in [-0.15, -0.1) is 0 Å². The van der Waals surface area contributed by atoms with Crippen molar-refractivity contribution in [3.8, 4) is 0 Å². The minimum absolute atomic E-state index is 0.280. The third-order valence-corrected chi connectivity index (χ3v) is 3.95. The fourth-order valence-corrected chi connectivity index (χ4v) is 2.67. The van der Waals surface area contributed by atoms with Crippen molar-refractivity contribution in [2.75, 3.05) is 11.9 Å². The summed E-state index contributed by atoms with van der Waals surface area (Å²) in [6.45, 7) is 2.41. The SMILES string of the molecule is CCc1ccccc1NC(=O)[C@H]1CCCN1/C=C/C(=O)C(F)(F)F. The molecule has 1 heterocycles. The van der Waals surface area contributed by atoms with Crippen molar-refractivity contribution in [1.29, 1.82) is 0 Å². The van der Waals surface area contributed by atoms with Crippen molar-refractivity contribution in [1.82, 2.24) is 4.90 Å². The number of carbonyl (C=O) groups is 2. The highest BCUT2D eigenvalue weighted by molar-refractivity contribution is 5.96. The molecular weight excluding hydrogens is 321 g/mol. The Kier molecular flexibility index (Phi) is 5.64. The molecule has 24 heavy (non-hydrogen) atoms. The number of ketones is 1. The van der Waals surface area contributed by atoms with Crippen molar-refractivity contribution in [3.63, 3.8) is 0 Å². The summed E-state index contributed by atoms with van der Waals surface area (Å²) in [4.78, 5) is 24.9. The first kappa shape index (κ1) is 18.0. The number of alkyl halides is 3. The van der Waals surface area contributed by atoms with Crippen LogP contribution in [0.25, 0.3) is 0 Å². The molecule has 1 aliphatic rings. The summed E-state index contributed by atoms with van der Waals surface area (Å²) in [6.07, 6.45) is -1.38. The second-order valence-corrected chi connectivity index (χ2v) is 5.57. The summed E-state index contributed by atoms with van der Waals surface area (Å²) in [6, 6.07) is 6.81. The smallest absolute Gasteiger partial charge is 0.365 e. The van der Waals surface area contributed by atoms with Gasteiger partial charge in [-0.3, -0.25) is 9.59 Å². The Hall–Kier alpha value is -2.31. The molecule has 0 aromatic heterocycles. The molecule has 0 spiro atoms. The number of aryl methyl sites for hydroxylation is 1. The predicted molar refractivity (Wildman–Crippen MR) is 84.4 cm³/mol. The maximum Gasteiger partial charge on any atom is 0.454 e. The largest absolute Gasteiger partial charge is 0.454 e. The minimum Gasteiger partial charge on any atom is -0.365 e. The molecule has 1 amide bonds. The van der Waals surface area contributed by atoms with Crippen LogP contribution in [0, 0.1) is 0 Å². The number of amides is 1. The average Bonchev–Trinajstić information content (AvgIpc) is 3.00. The minimum atomic E-state index is -4.89. The van der Waals surface area contributed by atoms with Gasteiger partial charge >= 0.3 is 6.18 Å². The topological polar surface area (TPSA) is 49.4 Å². The second kappa shape index (κ2) is 7.51. The Morgan fingerprint density at radius 1 is 1.33 bits per heavy atom. The average molecular weight is 340 g/mol. The van der Waals surface area contributed by atoms with Crippen molar-refractivity contribution in [2.45, 2.75) is 38.4 Å². The van der Waals surface area contributed by atoms with E-state index in [1.807, 2.05) is 25.1 Å². The highest BCUT2D eigenvalue weighted by Gasteiger charge is 2.37. The predicted octanol–water partition coefficient (Wildman–Crippen LogP) is 3.30. The van der Waals surface area contributed by atoms with Crippen LogP contribution >= 0.6 is 0 Å². The summed E-state index contributed by atoms with van der Waals surface area (Å²) in [5.74, 6) is -2.21. The van der Waals surface area contributed by atoms with Gasteiger partial charge in [0.05, 0.1) is 0 Å². The van der Waals surface area contributed by atoms with Crippen molar-refractivity contribution < 1.29 is 22.8 Å². The van der Waals surface area contributed by atoms with E-state index in [1.54, 1.807) is 6.07 Å². The number of allylic oxidation sites excluding steroid dienone is 1. The van der Waals surface area contributed by atoms with Gasteiger partial charge in [-0.25, -0.2) is 0 Å². The van der Waals surface area contributed by atoms with Crippen molar-refractivity contribution >= 4 is 17.4 Å². The Bertz CT molecular complexity index is 641. The van der Waals surface area contributed by atoms with Crippen LogP contribution in [0.4, 0.5) is 18.9 Å². The van der Waals surface area contributed by atoms with Crippen LogP contribution in [0.3, 0.4) is 0 Å². The number of hydrogen-bond acceptors (Lipinski definition) is 3. The Labute approximate surface area is 138 Å². The van der Waals surface area contributed by atoms with Crippen LogP contribution in [0.2, 0.25) is 0 Å². The first-order valence-electron chi connectivity index (χ1n) is 7.76. The maximum atomic E-state index is 12.4. The van der Waals surface area contributed by atoms with Gasteiger partial charge in [0.25, 0.3) is 5.78 Å². The summed E-state index contributed by atoms with van der Waals surface area (Å²) in [5, 5.41) is 2.83. The van der Waals surface area contributed by atoms with E-state index in [9.17, 15) is 22.8 Å².